The van der Waals surface area contributed by atoms with Crippen LogP contribution in [0.1, 0.15) is 27.4 Å². The maximum Gasteiger partial charge on any atom is 0.0972 e. The molecule has 1 aromatic carbocycles. The van der Waals surface area contributed by atoms with E-state index in [2.05, 4.69) is 37.0 Å². The van der Waals surface area contributed by atoms with Gasteiger partial charge in [0.05, 0.1) is 16.6 Å². The molecule has 0 spiro atoms. The van der Waals surface area contributed by atoms with Crippen LogP contribution in [0, 0.1) is 13.8 Å². The molecule has 0 N–H and O–H groups in total. The number of halogens is 1. The maximum absolute atomic E-state index is 5.73. The second-order valence-electron chi connectivity index (χ2n) is 3.96. The zero-order chi connectivity index (χ0) is 11.5. The van der Waals surface area contributed by atoms with Crippen molar-refractivity contribution in [3.8, 4) is 0 Å². The Labute approximate surface area is 105 Å². The molecule has 0 bridgehead atoms. The number of thiazole rings is 1. The second kappa shape index (κ2) is 4.98. The first kappa shape index (κ1) is 11.6. The van der Waals surface area contributed by atoms with E-state index >= 15 is 0 Å². The van der Waals surface area contributed by atoms with Gasteiger partial charge in [0, 0.05) is 11.8 Å². The van der Waals surface area contributed by atoms with Gasteiger partial charge < -0.3 is 0 Å². The summed E-state index contributed by atoms with van der Waals surface area (Å²) in [5, 5.41) is 3.17. The Morgan fingerprint density at radius 1 is 1.25 bits per heavy atom. The van der Waals surface area contributed by atoms with Crippen molar-refractivity contribution in [1.29, 1.82) is 0 Å². The molecule has 0 saturated carbocycles. The average Bonchev–Trinajstić information content (AvgIpc) is 2.71. The molecule has 0 aliphatic heterocycles. The summed E-state index contributed by atoms with van der Waals surface area (Å²) in [4.78, 5) is 4.46. The molecule has 0 saturated heterocycles. The van der Waals surface area contributed by atoms with Gasteiger partial charge >= 0.3 is 0 Å². The highest BCUT2D eigenvalue weighted by Crippen LogP contribution is 2.17. The van der Waals surface area contributed by atoms with Crippen LogP contribution in [0.3, 0.4) is 0 Å². The summed E-state index contributed by atoms with van der Waals surface area (Å²) in [6, 6.07) is 6.57. The van der Waals surface area contributed by atoms with Crippen LogP contribution < -0.4 is 0 Å². The van der Waals surface area contributed by atoms with Crippen molar-refractivity contribution in [3.63, 3.8) is 0 Å². The van der Waals surface area contributed by atoms with Crippen molar-refractivity contribution in [3.05, 3.63) is 51.0 Å². The molecular weight excluding hydrogens is 238 g/mol. The smallest absolute Gasteiger partial charge is 0.0972 e. The predicted octanol–water partition coefficient (Wildman–Crippen LogP) is 4.09. The van der Waals surface area contributed by atoms with Crippen molar-refractivity contribution >= 4 is 22.9 Å². The number of aromatic nitrogens is 1. The lowest BCUT2D eigenvalue weighted by Crippen LogP contribution is -1.90. The van der Waals surface area contributed by atoms with E-state index < -0.39 is 0 Å². The molecule has 2 rings (SSSR count). The quantitative estimate of drug-likeness (QED) is 0.749. The van der Waals surface area contributed by atoms with Gasteiger partial charge in [-0.1, -0.05) is 18.2 Å². The zero-order valence-electron chi connectivity index (χ0n) is 9.46. The Morgan fingerprint density at radius 2 is 2.06 bits per heavy atom. The second-order valence-corrected chi connectivity index (χ2v) is 5.17. The minimum Gasteiger partial charge on any atom is -0.245 e. The van der Waals surface area contributed by atoms with Crippen LogP contribution in [0.5, 0.6) is 0 Å². The lowest BCUT2D eigenvalue weighted by Gasteiger charge is -2.03. The topological polar surface area (TPSA) is 12.9 Å². The maximum atomic E-state index is 5.73. The third-order valence-corrected chi connectivity index (χ3v) is 3.83. The van der Waals surface area contributed by atoms with Gasteiger partial charge in [-0.25, -0.2) is 4.98 Å². The summed E-state index contributed by atoms with van der Waals surface area (Å²) < 4.78 is 0. The molecule has 16 heavy (non-hydrogen) atoms. The lowest BCUT2D eigenvalue weighted by atomic mass is 10.0. The molecule has 0 aliphatic rings. The fourth-order valence-electron chi connectivity index (χ4n) is 1.58. The number of alkyl halides is 1. The van der Waals surface area contributed by atoms with Gasteiger partial charge in [0.15, 0.2) is 0 Å². The monoisotopic (exact) mass is 251 g/mol. The normalized spacial score (nSPS) is 10.7. The zero-order valence-corrected chi connectivity index (χ0v) is 11.0. The third-order valence-electron chi connectivity index (χ3n) is 2.66. The lowest BCUT2D eigenvalue weighted by molar-refractivity contribution is 1.08. The first-order chi connectivity index (χ1) is 7.69. The molecule has 0 unspecified atom stereocenters. The molecule has 1 aromatic heterocycles. The number of benzene rings is 1. The number of hydrogen-bond donors (Lipinski definition) is 0. The summed E-state index contributed by atoms with van der Waals surface area (Å²) >= 11 is 7.42. The van der Waals surface area contributed by atoms with Gasteiger partial charge in [-0.15, -0.1) is 22.9 Å². The van der Waals surface area contributed by atoms with Gasteiger partial charge in [-0.05, 0) is 30.5 Å². The molecule has 0 radical (unpaired) electrons. The largest absolute Gasteiger partial charge is 0.245 e. The van der Waals surface area contributed by atoms with Gasteiger partial charge in [0.1, 0.15) is 0 Å². The van der Waals surface area contributed by atoms with Crippen molar-refractivity contribution < 1.29 is 0 Å². The minimum atomic E-state index is 0.503. The Bertz CT molecular complexity index is 490. The van der Waals surface area contributed by atoms with E-state index in [9.17, 15) is 0 Å². The van der Waals surface area contributed by atoms with E-state index in [1.165, 1.54) is 16.7 Å². The van der Waals surface area contributed by atoms with Crippen molar-refractivity contribution in [1.82, 2.24) is 4.98 Å². The fourth-order valence-corrected chi connectivity index (χ4v) is 2.64. The number of rotatable bonds is 3. The van der Waals surface area contributed by atoms with Gasteiger partial charge in [-0.3, -0.25) is 0 Å². The first-order valence-corrected chi connectivity index (χ1v) is 6.66. The van der Waals surface area contributed by atoms with Crippen molar-refractivity contribution in [2.45, 2.75) is 26.1 Å². The van der Waals surface area contributed by atoms with E-state index in [4.69, 9.17) is 11.6 Å². The molecule has 0 fully saturated rings. The summed E-state index contributed by atoms with van der Waals surface area (Å²) in [6.45, 7) is 4.28. The van der Waals surface area contributed by atoms with Crippen molar-refractivity contribution in [2.75, 3.05) is 0 Å². The molecule has 0 aliphatic carbocycles. The Hall–Kier alpha value is -0.860. The summed E-state index contributed by atoms with van der Waals surface area (Å²) in [7, 11) is 0. The molecule has 0 atom stereocenters. The Kier molecular flexibility index (Phi) is 3.62. The molecule has 3 heteroatoms. The Balaban J connectivity index is 2.17. The molecule has 84 valence electrons. The van der Waals surface area contributed by atoms with Crippen LogP contribution in [0.15, 0.2) is 23.6 Å². The number of hydrogen-bond acceptors (Lipinski definition) is 2. The van der Waals surface area contributed by atoms with E-state index in [1.807, 2.05) is 5.38 Å². The average molecular weight is 252 g/mol. The van der Waals surface area contributed by atoms with Crippen molar-refractivity contribution in [2.24, 2.45) is 0 Å². The standard InChI is InChI=1S/C13H14ClNS/c1-9-3-4-11(5-10(9)2)6-13-15-12(7-14)8-16-13/h3-5,8H,6-7H2,1-2H3. The highest BCUT2D eigenvalue weighted by Gasteiger charge is 2.03. The van der Waals surface area contributed by atoms with E-state index in [0.29, 0.717) is 5.88 Å². The first-order valence-electron chi connectivity index (χ1n) is 5.24. The van der Waals surface area contributed by atoms with Crippen LogP contribution in [0.25, 0.3) is 0 Å². The fraction of sp³-hybridized carbons (Fsp3) is 0.308. The third kappa shape index (κ3) is 2.63. The molecule has 1 heterocycles. The SMILES string of the molecule is Cc1ccc(Cc2nc(CCl)cs2)cc1C. The molecular formula is C13H14ClNS. The highest BCUT2D eigenvalue weighted by atomic mass is 35.5. The minimum absolute atomic E-state index is 0.503. The van der Waals surface area contributed by atoms with Crippen LogP contribution in [0.2, 0.25) is 0 Å². The van der Waals surface area contributed by atoms with Gasteiger partial charge in [-0.2, -0.15) is 0 Å². The summed E-state index contributed by atoms with van der Waals surface area (Å²) in [6.07, 6.45) is 0.905. The molecule has 2 aromatic rings. The van der Waals surface area contributed by atoms with E-state index in [-0.39, 0.29) is 0 Å². The van der Waals surface area contributed by atoms with Crippen LogP contribution in [-0.4, -0.2) is 4.98 Å². The molecule has 0 amide bonds. The van der Waals surface area contributed by atoms with Crippen LogP contribution in [-0.2, 0) is 12.3 Å². The van der Waals surface area contributed by atoms with Crippen LogP contribution in [0.4, 0.5) is 0 Å². The summed E-state index contributed by atoms with van der Waals surface area (Å²) in [5.41, 5.74) is 4.97. The number of aryl methyl sites for hydroxylation is 2. The Morgan fingerprint density at radius 3 is 2.69 bits per heavy atom. The van der Waals surface area contributed by atoms with E-state index in [0.717, 1.165) is 17.1 Å². The van der Waals surface area contributed by atoms with Gasteiger partial charge in [0.2, 0.25) is 0 Å². The van der Waals surface area contributed by atoms with Gasteiger partial charge in [0.25, 0.3) is 0 Å². The molecule has 1 nitrogen and oxygen atoms in total. The summed E-state index contributed by atoms with van der Waals surface area (Å²) in [5.74, 6) is 0.503. The predicted molar refractivity (Wildman–Crippen MR) is 70.4 cm³/mol. The number of nitrogens with zero attached hydrogens (tertiary/aromatic N) is 1. The van der Waals surface area contributed by atoms with Crippen LogP contribution >= 0.6 is 22.9 Å². The van der Waals surface area contributed by atoms with E-state index in [1.54, 1.807) is 11.3 Å². The highest BCUT2D eigenvalue weighted by molar-refractivity contribution is 7.09.